The van der Waals surface area contributed by atoms with Crippen molar-refractivity contribution in [2.45, 2.75) is 154 Å². The first-order valence-corrected chi connectivity index (χ1v) is 24.1. The van der Waals surface area contributed by atoms with Crippen molar-refractivity contribution < 1.29 is 73.5 Å². The summed E-state index contributed by atoms with van der Waals surface area (Å²) >= 11 is 0. The van der Waals surface area contributed by atoms with Crippen LogP contribution in [-0.2, 0) is 47.9 Å². The Morgan fingerprint density at radius 1 is 0.521 bits per heavy atom. The van der Waals surface area contributed by atoms with E-state index in [4.69, 9.17) is 17.2 Å². The molecule has 1 saturated heterocycles. The van der Waals surface area contributed by atoms with Gasteiger partial charge >= 0.3 is 0 Å². The van der Waals surface area contributed by atoms with Gasteiger partial charge in [-0.2, -0.15) is 0 Å². The van der Waals surface area contributed by atoms with E-state index in [1.54, 1.807) is 13.8 Å². The van der Waals surface area contributed by atoms with Gasteiger partial charge in [-0.3, -0.25) is 52.9 Å². The van der Waals surface area contributed by atoms with Crippen LogP contribution in [0.2, 0.25) is 0 Å². The monoisotopic (exact) mass is 1040 g/mol. The number of aliphatic hydroxyl groups is 5. The maximum atomic E-state index is 13.9. The van der Waals surface area contributed by atoms with Gasteiger partial charge in [-0.15, -0.1) is 0 Å². The summed E-state index contributed by atoms with van der Waals surface area (Å²) in [7, 11) is 0. The van der Waals surface area contributed by atoms with Crippen LogP contribution in [0.4, 0.5) is 0 Å². The van der Waals surface area contributed by atoms with Crippen LogP contribution >= 0.6 is 0 Å². The summed E-state index contributed by atoms with van der Waals surface area (Å²) < 4.78 is 0. The fourth-order valence-corrected chi connectivity index (χ4v) is 7.21. The molecule has 10 amide bonds. The predicted molar refractivity (Wildman–Crippen MR) is 261 cm³/mol. The van der Waals surface area contributed by atoms with Gasteiger partial charge in [0, 0.05) is 6.54 Å². The van der Waals surface area contributed by atoms with Gasteiger partial charge in [0.2, 0.25) is 59.1 Å². The first kappa shape index (κ1) is 64.7. The number of hydrogen-bond acceptors (Lipinski definition) is 17. The standard InChI is InChI=1S/C44H80N14O15/c1-20(2)14-26(51-35(65)24-10-8-12-48-24)37(67)54-29(17-60)39(69)50-25(11-9-13-49-44(46)47)36(66)58-33(23(7)63)43(73)52-27(15-21(3)4)38(68)55-31(19-62)41(71)57-32(22(5)6)42(72)56-30(18-61)40(70)53-28(16-59)34(45)64/h20-33,48,59-63H,8-19H2,1-7H3,(H2,45,64)(H,50,69)(H,51,65)(H,52,73)(H,53,70)(H,54,67)(H,55,68)(H,56,72)(H,57,71)(H,58,66)(H4,46,47,49)/t23-,24+,25+,26+,27+,28+,29+,30+,31+,32+,33+/m1/s1. The average Bonchev–Trinajstić information content (AvgIpc) is 3.86. The van der Waals surface area contributed by atoms with Crippen molar-refractivity contribution in [3.8, 4) is 0 Å². The minimum atomic E-state index is -1.80. The van der Waals surface area contributed by atoms with E-state index in [0.29, 0.717) is 13.0 Å². The minimum absolute atomic E-state index is 0.0197. The molecule has 0 spiro atoms. The molecule has 0 aromatic rings. The van der Waals surface area contributed by atoms with Crippen LogP contribution in [0.15, 0.2) is 4.99 Å². The Morgan fingerprint density at radius 3 is 1.32 bits per heavy atom. The van der Waals surface area contributed by atoms with Gasteiger partial charge in [0.25, 0.3) is 0 Å². The topological polar surface area (TPSA) is 483 Å². The normalized spacial score (nSPS) is 17.4. The minimum Gasteiger partial charge on any atom is -0.394 e. The Balaban J connectivity index is 3.30. The molecule has 0 unspecified atom stereocenters. The molecule has 29 heteroatoms. The molecule has 29 nitrogen and oxygen atoms in total. The van der Waals surface area contributed by atoms with Crippen LogP contribution in [0.25, 0.3) is 0 Å². The highest BCUT2D eigenvalue weighted by molar-refractivity contribution is 5.99. The molecular formula is C44H80N14O15. The van der Waals surface area contributed by atoms with Crippen LogP contribution in [-0.4, -0.2) is 197 Å². The molecule has 11 atom stereocenters. The highest BCUT2D eigenvalue weighted by Crippen LogP contribution is 2.12. The fraction of sp³-hybridized carbons (Fsp3) is 0.750. The van der Waals surface area contributed by atoms with E-state index in [9.17, 15) is 73.5 Å². The quantitative estimate of drug-likeness (QED) is 0.0165. The van der Waals surface area contributed by atoms with E-state index < -0.39 is 158 Å². The predicted octanol–water partition coefficient (Wildman–Crippen LogP) is -8.26. The Morgan fingerprint density at radius 2 is 0.904 bits per heavy atom. The number of hydrogen-bond donors (Lipinski definition) is 18. The van der Waals surface area contributed by atoms with Crippen LogP contribution in [0.3, 0.4) is 0 Å². The molecule has 1 aliphatic heterocycles. The Bertz CT molecular complexity index is 1900. The van der Waals surface area contributed by atoms with Crippen molar-refractivity contribution in [1.82, 2.24) is 53.2 Å². The van der Waals surface area contributed by atoms with Crippen LogP contribution in [0, 0.1) is 17.8 Å². The lowest BCUT2D eigenvalue weighted by Crippen LogP contribution is -2.63. The number of aliphatic hydroxyl groups excluding tert-OH is 5. The number of rotatable bonds is 33. The summed E-state index contributed by atoms with van der Waals surface area (Å²) in [6, 6.07) is -14.4. The highest BCUT2D eigenvalue weighted by atomic mass is 16.3. The summed E-state index contributed by atoms with van der Waals surface area (Å²) in [6.07, 6.45) is -0.335. The van der Waals surface area contributed by atoms with E-state index >= 15 is 0 Å². The average molecular weight is 1050 g/mol. The number of nitrogens with two attached hydrogens (primary N) is 3. The summed E-state index contributed by atoms with van der Waals surface area (Å²) in [5, 5.41) is 74.6. The van der Waals surface area contributed by atoms with Gasteiger partial charge in [0.05, 0.1) is 38.6 Å². The SMILES string of the molecule is CC(C)C[C@H](NC(=O)[C@@H]1CCCN1)C(=O)N[C@@H](CO)C(=O)N[C@@H](CCCN=C(N)N)C(=O)N[C@H](C(=O)N[C@@H](CC(C)C)C(=O)N[C@@H](CO)C(=O)N[C@H](C(=O)N[C@@H](CO)C(=O)N[C@@H](CO)C(N)=O)C(C)C)[C@@H](C)O. The molecule has 1 rings (SSSR count). The van der Waals surface area contributed by atoms with Crippen molar-refractivity contribution in [2.75, 3.05) is 39.5 Å². The van der Waals surface area contributed by atoms with Crippen LogP contribution in [0.5, 0.6) is 0 Å². The largest absolute Gasteiger partial charge is 0.394 e. The molecule has 73 heavy (non-hydrogen) atoms. The maximum absolute atomic E-state index is 13.9. The van der Waals surface area contributed by atoms with E-state index in [-0.39, 0.29) is 50.0 Å². The second kappa shape index (κ2) is 32.7. The molecule has 1 fully saturated rings. The summed E-state index contributed by atoms with van der Waals surface area (Å²) in [5.74, 6) is -11.0. The van der Waals surface area contributed by atoms with Gasteiger partial charge in [-0.05, 0) is 69.7 Å². The molecule has 0 aromatic carbocycles. The lowest BCUT2D eigenvalue weighted by atomic mass is 10.0. The molecule has 0 saturated carbocycles. The second-order valence-corrected chi connectivity index (χ2v) is 18.9. The smallest absolute Gasteiger partial charge is 0.245 e. The van der Waals surface area contributed by atoms with E-state index in [0.717, 1.165) is 13.3 Å². The first-order chi connectivity index (χ1) is 34.2. The molecule has 0 aromatic heterocycles. The maximum Gasteiger partial charge on any atom is 0.245 e. The van der Waals surface area contributed by atoms with E-state index in [2.05, 4.69) is 58.2 Å². The number of guanidine groups is 1. The van der Waals surface area contributed by atoms with E-state index in [1.165, 1.54) is 13.8 Å². The molecule has 0 radical (unpaired) electrons. The molecule has 416 valence electrons. The molecule has 0 bridgehead atoms. The number of nitrogens with zero attached hydrogens (tertiary/aromatic N) is 1. The zero-order valence-electron chi connectivity index (χ0n) is 42.6. The second-order valence-electron chi connectivity index (χ2n) is 18.9. The third-order valence-electron chi connectivity index (χ3n) is 11.2. The van der Waals surface area contributed by atoms with E-state index in [1.807, 2.05) is 13.8 Å². The summed E-state index contributed by atoms with van der Waals surface area (Å²) in [4.78, 5) is 136. The Labute approximate surface area is 423 Å². The van der Waals surface area contributed by atoms with Gasteiger partial charge in [-0.25, -0.2) is 0 Å². The highest BCUT2D eigenvalue weighted by Gasteiger charge is 2.37. The van der Waals surface area contributed by atoms with Crippen LogP contribution < -0.4 is 70.4 Å². The third kappa shape index (κ3) is 23.0. The number of nitrogens with one attached hydrogen (secondary N) is 10. The number of aliphatic imine (C=N–C) groups is 1. The van der Waals surface area contributed by atoms with Crippen molar-refractivity contribution in [2.24, 2.45) is 39.9 Å². The van der Waals surface area contributed by atoms with Crippen molar-refractivity contribution >= 4 is 65.0 Å². The van der Waals surface area contributed by atoms with Gasteiger partial charge in [0.1, 0.15) is 54.4 Å². The number of carbonyl (C=O) groups excluding carboxylic acids is 10. The van der Waals surface area contributed by atoms with Gasteiger partial charge < -0.3 is 95.9 Å². The first-order valence-electron chi connectivity index (χ1n) is 24.1. The Hall–Kier alpha value is -6.27. The summed E-state index contributed by atoms with van der Waals surface area (Å²) in [5.41, 5.74) is 16.0. The lowest BCUT2D eigenvalue weighted by molar-refractivity contribution is -0.138. The Kier molecular flexibility index (Phi) is 29.0. The van der Waals surface area contributed by atoms with Crippen molar-refractivity contribution in [1.29, 1.82) is 0 Å². The number of carbonyl (C=O) groups is 10. The van der Waals surface area contributed by atoms with Gasteiger partial charge in [-0.1, -0.05) is 41.5 Å². The van der Waals surface area contributed by atoms with Crippen molar-refractivity contribution in [3.05, 3.63) is 0 Å². The van der Waals surface area contributed by atoms with Crippen molar-refractivity contribution in [3.63, 3.8) is 0 Å². The lowest BCUT2D eigenvalue weighted by Gasteiger charge is -2.29. The fourth-order valence-electron chi connectivity index (χ4n) is 7.21. The van der Waals surface area contributed by atoms with Crippen LogP contribution in [0.1, 0.15) is 87.0 Å². The molecule has 21 N–H and O–H groups in total. The zero-order valence-corrected chi connectivity index (χ0v) is 42.6. The number of amides is 10. The number of primary amides is 1. The molecular weight excluding hydrogens is 965 g/mol. The van der Waals surface area contributed by atoms with Gasteiger partial charge in [0.15, 0.2) is 5.96 Å². The summed E-state index contributed by atoms with van der Waals surface area (Å²) in [6.45, 7) is 7.97. The third-order valence-corrected chi connectivity index (χ3v) is 11.2. The zero-order chi connectivity index (χ0) is 55.7. The molecule has 1 heterocycles. The molecule has 0 aliphatic carbocycles. The molecule has 1 aliphatic rings.